The summed E-state index contributed by atoms with van der Waals surface area (Å²) < 4.78 is 5.03. The van der Waals surface area contributed by atoms with Gasteiger partial charge in [0.1, 0.15) is 5.75 Å². The van der Waals surface area contributed by atoms with E-state index in [1.54, 1.807) is 20.1 Å². The van der Waals surface area contributed by atoms with Crippen LogP contribution in [0.2, 0.25) is 0 Å². The molecule has 0 atom stereocenters. The number of hydrogen-bond acceptors (Lipinski definition) is 3. The lowest BCUT2D eigenvalue weighted by Gasteiger charge is -1.98. The molecule has 1 N–H and O–H groups in total. The highest BCUT2D eigenvalue weighted by Gasteiger charge is 1.90. The van der Waals surface area contributed by atoms with Crippen LogP contribution in [0.15, 0.2) is 35.5 Å². The highest BCUT2D eigenvalue weighted by atomic mass is 16.5. The lowest BCUT2D eigenvalue weighted by molar-refractivity contribution is 0.319. The summed E-state index contributed by atoms with van der Waals surface area (Å²) in [5, 5.41) is 11.5. The van der Waals surface area contributed by atoms with Gasteiger partial charge in [-0.2, -0.15) is 0 Å². The SMILES string of the molecule is COc1ccc(C=CC(C)=NO)cc1. The number of rotatable bonds is 3. The molecule has 0 amide bonds. The molecule has 0 heterocycles. The quantitative estimate of drug-likeness (QED) is 0.453. The molecule has 0 spiro atoms. The molecule has 1 rings (SSSR count). The van der Waals surface area contributed by atoms with E-state index >= 15 is 0 Å². The van der Waals surface area contributed by atoms with Gasteiger partial charge in [0.25, 0.3) is 0 Å². The van der Waals surface area contributed by atoms with Gasteiger partial charge in [-0.3, -0.25) is 0 Å². The van der Waals surface area contributed by atoms with Crippen molar-refractivity contribution in [1.29, 1.82) is 0 Å². The Balaban J connectivity index is 2.73. The van der Waals surface area contributed by atoms with Crippen molar-refractivity contribution in [3.05, 3.63) is 35.9 Å². The number of nitrogens with zero attached hydrogens (tertiary/aromatic N) is 1. The standard InChI is InChI=1S/C11H13NO2/c1-9(12-13)3-4-10-5-7-11(14-2)8-6-10/h3-8,13H,1-2H3. The maximum atomic E-state index is 8.41. The summed E-state index contributed by atoms with van der Waals surface area (Å²) in [7, 11) is 1.63. The number of allylic oxidation sites excluding steroid dienone is 1. The number of benzene rings is 1. The van der Waals surface area contributed by atoms with Crippen molar-refractivity contribution in [2.75, 3.05) is 7.11 Å². The Labute approximate surface area is 83.3 Å². The fourth-order valence-corrected chi connectivity index (χ4v) is 0.965. The second kappa shape index (κ2) is 5.07. The largest absolute Gasteiger partial charge is 0.497 e. The summed E-state index contributed by atoms with van der Waals surface area (Å²) in [5.74, 6) is 0.828. The topological polar surface area (TPSA) is 41.8 Å². The molecule has 1 aromatic rings. The molecule has 0 radical (unpaired) electrons. The van der Waals surface area contributed by atoms with Gasteiger partial charge in [0, 0.05) is 0 Å². The Hall–Kier alpha value is -1.77. The van der Waals surface area contributed by atoms with Crippen LogP contribution in [-0.2, 0) is 0 Å². The normalized spacial score (nSPS) is 12.0. The molecule has 74 valence electrons. The number of ether oxygens (including phenoxy) is 1. The first-order valence-electron chi connectivity index (χ1n) is 4.27. The first-order chi connectivity index (χ1) is 6.76. The van der Waals surface area contributed by atoms with Crippen molar-refractivity contribution in [1.82, 2.24) is 0 Å². The molecule has 0 saturated heterocycles. The second-order valence-electron chi connectivity index (χ2n) is 2.85. The Bertz CT molecular complexity index is 339. The second-order valence-corrected chi connectivity index (χ2v) is 2.85. The van der Waals surface area contributed by atoms with Crippen molar-refractivity contribution in [2.24, 2.45) is 5.16 Å². The van der Waals surface area contributed by atoms with Crippen LogP contribution in [0.3, 0.4) is 0 Å². The predicted octanol–water partition coefficient (Wildman–Crippen LogP) is 2.56. The minimum atomic E-state index is 0.570. The summed E-state index contributed by atoms with van der Waals surface area (Å²) in [4.78, 5) is 0. The van der Waals surface area contributed by atoms with Gasteiger partial charge >= 0.3 is 0 Å². The van der Waals surface area contributed by atoms with Crippen LogP contribution in [0.25, 0.3) is 6.08 Å². The molecule has 3 nitrogen and oxygen atoms in total. The molecule has 0 aliphatic carbocycles. The zero-order valence-corrected chi connectivity index (χ0v) is 8.27. The van der Waals surface area contributed by atoms with Crippen LogP contribution in [0.1, 0.15) is 12.5 Å². The third-order valence-electron chi connectivity index (χ3n) is 1.79. The maximum Gasteiger partial charge on any atom is 0.118 e. The third kappa shape index (κ3) is 2.94. The van der Waals surface area contributed by atoms with Gasteiger partial charge in [0.2, 0.25) is 0 Å². The predicted molar refractivity (Wildman–Crippen MR) is 56.9 cm³/mol. The van der Waals surface area contributed by atoms with Crippen molar-refractivity contribution in [2.45, 2.75) is 6.92 Å². The first kappa shape index (κ1) is 10.3. The van der Waals surface area contributed by atoms with Gasteiger partial charge in [0.15, 0.2) is 0 Å². The zero-order valence-electron chi connectivity index (χ0n) is 8.27. The highest BCUT2D eigenvalue weighted by molar-refractivity contribution is 5.95. The van der Waals surface area contributed by atoms with Crippen LogP contribution in [0, 0.1) is 0 Å². The molecular weight excluding hydrogens is 178 g/mol. The molecule has 0 saturated carbocycles. The van der Waals surface area contributed by atoms with E-state index < -0.39 is 0 Å². The van der Waals surface area contributed by atoms with Crippen molar-refractivity contribution >= 4 is 11.8 Å². The molecule has 1 aromatic carbocycles. The Kier molecular flexibility index (Phi) is 3.73. The lowest BCUT2D eigenvalue weighted by Crippen LogP contribution is -1.84. The number of oxime groups is 1. The molecule has 0 aliphatic heterocycles. The van der Waals surface area contributed by atoms with E-state index in [9.17, 15) is 0 Å². The van der Waals surface area contributed by atoms with E-state index in [1.165, 1.54) is 0 Å². The fraction of sp³-hybridized carbons (Fsp3) is 0.182. The molecule has 0 aromatic heterocycles. The van der Waals surface area contributed by atoms with Gasteiger partial charge in [-0.05, 0) is 30.7 Å². The van der Waals surface area contributed by atoms with E-state index in [0.717, 1.165) is 11.3 Å². The smallest absolute Gasteiger partial charge is 0.118 e. The van der Waals surface area contributed by atoms with Crippen LogP contribution in [0.4, 0.5) is 0 Å². The monoisotopic (exact) mass is 191 g/mol. The van der Waals surface area contributed by atoms with E-state index in [-0.39, 0.29) is 0 Å². The molecule has 0 aliphatic rings. The van der Waals surface area contributed by atoms with Crippen LogP contribution < -0.4 is 4.74 Å². The first-order valence-corrected chi connectivity index (χ1v) is 4.27. The van der Waals surface area contributed by atoms with Gasteiger partial charge in [0.05, 0.1) is 12.8 Å². The molecular formula is C11H13NO2. The molecule has 14 heavy (non-hydrogen) atoms. The molecule has 3 heteroatoms. The van der Waals surface area contributed by atoms with Crippen LogP contribution in [0.5, 0.6) is 5.75 Å². The van der Waals surface area contributed by atoms with Gasteiger partial charge in [-0.1, -0.05) is 23.4 Å². The van der Waals surface area contributed by atoms with E-state index in [1.807, 2.05) is 30.3 Å². The molecule has 0 bridgehead atoms. The zero-order chi connectivity index (χ0) is 10.4. The Morgan fingerprint density at radius 2 is 2.00 bits per heavy atom. The summed E-state index contributed by atoms with van der Waals surface area (Å²) in [5.41, 5.74) is 1.61. The summed E-state index contributed by atoms with van der Waals surface area (Å²) in [6.45, 7) is 1.72. The van der Waals surface area contributed by atoms with Gasteiger partial charge in [-0.15, -0.1) is 0 Å². The van der Waals surface area contributed by atoms with Crippen molar-refractivity contribution in [3.63, 3.8) is 0 Å². The minimum Gasteiger partial charge on any atom is -0.497 e. The number of hydrogen-bond donors (Lipinski definition) is 1. The Morgan fingerprint density at radius 3 is 2.50 bits per heavy atom. The fourth-order valence-electron chi connectivity index (χ4n) is 0.965. The third-order valence-corrected chi connectivity index (χ3v) is 1.79. The summed E-state index contributed by atoms with van der Waals surface area (Å²) in [6.07, 6.45) is 3.61. The number of methoxy groups -OCH3 is 1. The maximum absolute atomic E-state index is 8.41. The van der Waals surface area contributed by atoms with Crippen LogP contribution in [-0.4, -0.2) is 18.0 Å². The van der Waals surface area contributed by atoms with Crippen molar-refractivity contribution in [3.8, 4) is 5.75 Å². The summed E-state index contributed by atoms with van der Waals surface area (Å²) in [6, 6.07) is 7.62. The lowest BCUT2D eigenvalue weighted by atomic mass is 10.2. The molecule has 0 unspecified atom stereocenters. The van der Waals surface area contributed by atoms with E-state index in [0.29, 0.717) is 5.71 Å². The minimum absolute atomic E-state index is 0.570. The average Bonchev–Trinajstić information content (AvgIpc) is 2.26. The van der Waals surface area contributed by atoms with Gasteiger partial charge in [-0.25, -0.2) is 0 Å². The summed E-state index contributed by atoms with van der Waals surface area (Å²) >= 11 is 0. The van der Waals surface area contributed by atoms with Crippen molar-refractivity contribution < 1.29 is 9.94 Å². The van der Waals surface area contributed by atoms with E-state index in [4.69, 9.17) is 9.94 Å². The highest BCUT2D eigenvalue weighted by Crippen LogP contribution is 2.12. The van der Waals surface area contributed by atoms with Gasteiger partial charge < -0.3 is 9.94 Å². The van der Waals surface area contributed by atoms with Crippen LogP contribution >= 0.6 is 0 Å². The molecule has 0 fully saturated rings. The Morgan fingerprint density at radius 1 is 1.36 bits per heavy atom. The van der Waals surface area contributed by atoms with E-state index in [2.05, 4.69) is 5.16 Å². The average molecular weight is 191 g/mol.